The molecule has 1 unspecified atom stereocenters. The third-order valence-corrected chi connectivity index (χ3v) is 6.01. The van der Waals surface area contributed by atoms with Gasteiger partial charge in [-0.05, 0) is 31.4 Å². The molecule has 0 aliphatic carbocycles. The van der Waals surface area contributed by atoms with Gasteiger partial charge in [0.2, 0.25) is 0 Å². The molecule has 0 radical (unpaired) electrons. The Balaban J connectivity index is 2.74. The fraction of sp³-hybridized carbons (Fsp3) is 0.571. The first-order valence-electron chi connectivity index (χ1n) is 6.58. The van der Waals surface area contributed by atoms with Crippen LogP contribution in [0.5, 0.6) is 0 Å². The molecule has 0 bridgehead atoms. The van der Waals surface area contributed by atoms with Crippen molar-refractivity contribution in [3.05, 3.63) is 35.4 Å². The van der Waals surface area contributed by atoms with Crippen LogP contribution in [0.1, 0.15) is 31.9 Å². The van der Waals surface area contributed by atoms with Crippen LogP contribution >= 0.6 is 23.5 Å². The van der Waals surface area contributed by atoms with Gasteiger partial charge in [-0.1, -0.05) is 47.1 Å². The molecule has 1 rings (SSSR count). The Kier molecular flexibility index (Phi) is 7.30. The zero-order chi connectivity index (χ0) is 14.3. The number of benzene rings is 1. The highest BCUT2D eigenvalue weighted by atomic mass is 79.9. The number of alkyl halides is 1. The van der Waals surface area contributed by atoms with Gasteiger partial charge in [0.25, 0.3) is 0 Å². The highest BCUT2D eigenvalue weighted by molar-refractivity contribution is 9.08. The topological polar surface area (TPSA) is 35.5 Å². The molecule has 0 aliphatic heterocycles. The molecule has 108 valence electrons. The summed E-state index contributed by atoms with van der Waals surface area (Å²) in [7, 11) is -3.00. The van der Waals surface area contributed by atoms with Crippen LogP contribution in [0.4, 0.5) is 0 Å². The van der Waals surface area contributed by atoms with Crippen molar-refractivity contribution < 1.29 is 13.6 Å². The summed E-state index contributed by atoms with van der Waals surface area (Å²) in [6.07, 6.45) is 0.694. The molecule has 3 nitrogen and oxygen atoms in total. The Labute approximate surface area is 124 Å². The number of hydrogen-bond acceptors (Lipinski definition) is 3. The Hall–Kier alpha value is -0.150. The summed E-state index contributed by atoms with van der Waals surface area (Å²) < 4.78 is 23.3. The highest BCUT2D eigenvalue weighted by Gasteiger charge is 2.31. The van der Waals surface area contributed by atoms with E-state index in [9.17, 15) is 4.57 Å². The smallest absolute Gasteiger partial charge is 0.309 e. The summed E-state index contributed by atoms with van der Waals surface area (Å²) in [6, 6.07) is 8.27. The van der Waals surface area contributed by atoms with Gasteiger partial charge in [-0.25, -0.2) is 0 Å². The van der Waals surface area contributed by atoms with E-state index in [-0.39, 0.29) is 5.66 Å². The minimum Gasteiger partial charge on any atom is -0.309 e. The molecule has 19 heavy (non-hydrogen) atoms. The molecular formula is C14H22BrO3P. The van der Waals surface area contributed by atoms with Crippen LogP contribution < -0.4 is 0 Å². The molecule has 0 aromatic heterocycles. The summed E-state index contributed by atoms with van der Waals surface area (Å²) in [5.41, 5.74) is 2.24. The number of hydrogen-bond donors (Lipinski definition) is 0. The second kappa shape index (κ2) is 8.21. The summed E-state index contributed by atoms with van der Waals surface area (Å²) >= 11 is 3.42. The first-order valence-corrected chi connectivity index (χ1v) is 9.31. The van der Waals surface area contributed by atoms with Crippen molar-refractivity contribution in [1.29, 1.82) is 0 Å². The molecule has 5 heteroatoms. The molecule has 1 aromatic carbocycles. The first kappa shape index (κ1) is 16.9. The third-order valence-electron chi connectivity index (χ3n) is 2.87. The van der Waals surface area contributed by atoms with Gasteiger partial charge in [0.05, 0.1) is 18.9 Å². The van der Waals surface area contributed by atoms with Gasteiger partial charge >= 0.3 is 7.60 Å². The molecule has 0 fully saturated rings. The molecule has 0 spiro atoms. The number of rotatable bonds is 8. The average Bonchev–Trinajstić information content (AvgIpc) is 2.40. The van der Waals surface area contributed by atoms with Gasteiger partial charge in [0, 0.05) is 5.33 Å². The molecule has 0 aliphatic rings. The molecule has 0 amide bonds. The predicted molar refractivity (Wildman–Crippen MR) is 83.1 cm³/mol. The second-order valence-electron chi connectivity index (χ2n) is 4.38. The maximum Gasteiger partial charge on any atom is 0.333 e. The van der Waals surface area contributed by atoms with E-state index in [2.05, 4.69) is 40.2 Å². The van der Waals surface area contributed by atoms with Crippen molar-refractivity contribution in [1.82, 2.24) is 0 Å². The summed E-state index contributed by atoms with van der Waals surface area (Å²) in [4.78, 5) is 0. The van der Waals surface area contributed by atoms with E-state index < -0.39 is 7.60 Å². The Morgan fingerprint density at radius 2 is 1.58 bits per heavy atom. The maximum atomic E-state index is 12.6. The summed E-state index contributed by atoms with van der Waals surface area (Å²) in [5, 5.41) is 0.846. The second-order valence-corrected chi connectivity index (χ2v) is 7.42. The maximum absolute atomic E-state index is 12.6. The van der Waals surface area contributed by atoms with Gasteiger partial charge in [0.1, 0.15) is 0 Å². The molecule has 1 aromatic rings. The minimum absolute atomic E-state index is 0.137. The van der Waals surface area contributed by atoms with Gasteiger partial charge in [-0.15, -0.1) is 0 Å². The lowest BCUT2D eigenvalue weighted by Crippen LogP contribution is -2.12. The van der Waals surface area contributed by atoms with Crippen molar-refractivity contribution in [2.45, 2.75) is 38.2 Å². The van der Waals surface area contributed by atoms with Crippen LogP contribution in [0.15, 0.2) is 24.3 Å². The molecule has 0 saturated carbocycles. The lowest BCUT2D eigenvalue weighted by molar-refractivity contribution is 0.213. The van der Waals surface area contributed by atoms with E-state index in [1.807, 2.05) is 20.8 Å². The summed E-state index contributed by atoms with van der Waals surface area (Å²) in [6.45, 7) is 6.41. The van der Waals surface area contributed by atoms with Gasteiger partial charge < -0.3 is 9.05 Å². The van der Waals surface area contributed by atoms with Gasteiger partial charge in [-0.3, -0.25) is 4.57 Å². The Morgan fingerprint density at radius 3 is 2.00 bits per heavy atom. The first-order chi connectivity index (χ1) is 9.05. The molecule has 0 heterocycles. The molecule has 0 N–H and O–H groups in total. The molecule has 0 saturated heterocycles. The van der Waals surface area contributed by atoms with Crippen molar-refractivity contribution in [2.75, 3.05) is 13.2 Å². The predicted octanol–water partition coefficient (Wildman–Crippen LogP) is 4.78. The normalized spacial score (nSPS) is 13.5. The van der Waals surface area contributed by atoms with E-state index in [0.717, 1.165) is 10.9 Å². The van der Waals surface area contributed by atoms with Gasteiger partial charge in [0.15, 0.2) is 0 Å². The fourth-order valence-corrected chi connectivity index (χ4v) is 3.98. The fourth-order valence-electron chi connectivity index (χ4n) is 1.87. The lowest BCUT2D eigenvalue weighted by Gasteiger charge is -2.23. The zero-order valence-corrected chi connectivity index (χ0v) is 14.2. The van der Waals surface area contributed by atoms with Crippen LogP contribution in [0.25, 0.3) is 0 Å². The number of halogens is 1. The van der Waals surface area contributed by atoms with Crippen molar-refractivity contribution in [2.24, 2.45) is 0 Å². The monoisotopic (exact) mass is 348 g/mol. The van der Waals surface area contributed by atoms with E-state index in [1.54, 1.807) is 0 Å². The standard InChI is InChI=1S/C14H22BrO3P/c1-4-17-19(16,18-5-2)12(3)10-13-6-8-14(11-15)9-7-13/h6-9,12H,4-5,10-11H2,1-3H3. The van der Waals surface area contributed by atoms with Crippen LogP contribution in [0, 0.1) is 0 Å². The van der Waals surface area contributed by atoms with E-state index in [1.165, 1.54) is 5.56 Å². The molecule has 1 atom stereocenters. The van der Waals surface area contributed by atoms with E-state index in [0.29, 0.717) is 19.6 Å². The minimum atomic E-state index is -3.00. The van der Waals surface area contributed by atoms with Crippen molar-refractivity contribution in [3.63, 3.8) is 0 Å². The lowest BCUT2D eigenvalue weighted by atomic mass is 10.1. The average molecular weight is 349 g/mol. The molecular weight excluding hydrogens is 327 g/mol. The van der Waals surface area contributed by atoms with Crippen LogP contribution in [-0.4, -0.2) is 18.9 Å². The van der Waals surface area contributed by atoms with Crippen molar-refractivity contribution in [3.8, 4) is 0 Å². The SMILES string of the molecule is CCOP(=O)(OCC)C(C)Cc1ccc(CBr)cc1. The van der Waals surface area contributed by atoms with Crippen molar-refractivity contribution >= 4 is 23.5 Å². The van der Waals surface area contributed by atoms with Crippen LogP contribution in [0.3, 0.4) is 0 Å². The van der Waals surface area contributed by atoms with E-state index >= 15 is 0 Å². The summed E-state index contributed by atoms with van der Waals surface area (Å²) in [5.74, 6) is 0. The zero-order valence-electron chi connectivity index (χ0n) is 11.8. The van der Waals surface area contributed by atoms with Crippen LogP contribution in [0.2, 0.25) is 0 Å². The third kappa shape index (κ3) is 5.03. The Morgan fingerprint density at radius 1 is 1.11 bits per heavy atom. The van der Waals surface area contributed by atoms with E-state index in [4.69, 9.17) is 9.05 Å². The quantitative estimate of drug-likeness (QED) is 0.501. The highest BCUT2D eigenvalue weighted by Crippen LogP contribution is 2.53. The van der Waals surface area contributed by atoms with Gasteiger partial charge in [-0.2, -0.15) is 0 Å². The Bertz CT molecular complexity index is 409. The van der Waals surface area contributed by atoms with Crippen LogP contribution in [-0.2, 0) is 25.4 Å². The largest absolute Gasteiger partial charge is 0.333 e.